The largest absolute Gasteiger partial charge is 0.485 e. The number of para-hydroxylation sites is 2. The van der Waals surface area contributed by atoms with E-state index in [4.69, 9.17) is 4.74 Å². The normalized spacial score (nSPS) is 10.7. The number of carbonyl (C=O) groups excluding carboxylic acids is 1. The number of hydrogen-bond donors (Lipinski definition) is 1. The fourth-order valence-electron chi connectivity index (χ4n) is 3.46. The second-order valence-corrected chi connectivity index (χ2v) is 8.57. The number of aryl methyl sites for hydroxylation is 2. The number of aromatic nitrogens is 3. The summed E-state index contributed by atoms with van der Waals surface area (Å²) in [5.41, 5.74) is 4.14. The molecule has 33 heavy (non-hydrogen) atoms. The molecule has 0 aliphatic heterocycles. The number of carbonyl (C=O) groups is 1. The number of nitrogens with one attached hydrogen (secondary N) is 1. The highest BCUT2D eigenvalue weighted by atomic mass is 32.2. The molecule has 168 valence electrons. The van der Waals surface area contributed by atoms with E-state index in [9.17, 15) is 4.79 Å². The first-order valence-electron chi connectivity index (χ1n) is 10.7. The summed E-state index contributed by atoms with van der Waals surface area (Å²) in [5, 5.41) is 12.3. The van der Waals surface area contributed by atoms with Gasteiger partial charge in [0.1, 0.15) is 12.4 Å². The fraction of sp³-hybridized carbons (Fsp3) is 0.192. The molecule has 0 unspecified atom stereocenters. The van der Waals surface area contributed by atoms with Crippen molar-refractivity contribution in [2.24, 2.45) is 0 Å². The highest BCUT2D eigenvalue weighted by Gasteiger charge is 2.17. The number of thioether (sulfide) groups is 1. The zero-order valence-corrected chi connectivity index (χ0v) is 19.5. The van der Waals surface area contributed by atoms with Crippen molar-refractivity contribution in [2.75, 3.05) is 5.75 Å². The molecule has 6 nitrogen and oxygen atoms in total. The van der Waals surface area contributed by atoms with Gasteiger partial charge in [0.15, 0.2) is 11.0 Å². The van der Waals surface area contributed by atoms with Crippen LogP contribution in [-0.2, 0) is 17.9 Å². The van der Waals surface area contributed by atoms with Crippen LogP contribution in [0.1, 0.15) is 22.5 Å². The summed E-state index contributed by atoms with van der Waals surface area (Å²) in [4.78, 5) is 12.4. The van der Waals surface area contributed by atoms with Crippen molar-refractivity contribution in [1.29, 1.82) is 0 Å². The van der Waals surface area contributed by atoms with Gasteiger partial charge in [0.25, 0.3) is 0 Å². The third-order valence-electron chi connectivity index (χ3n) is 5.13. The van der Waals surface area contributed by atoms with E-state index in [0.717, 1.165) is 28.1 Å². The molecule has 1 aromatic heterocycles. The second kappa shape index (κ2) is 10.8. The van der Waals surface area contributed by atoms with E-state index in [1.165, 1.54) is 11.8 Å². The lowest BCUT2D eigenvalue weighted by molar-refractivity contribution is -0.118. The number of nitrogens with zero attached hydrogens (tertiary/aromatic N) is 3. The summed E-state index contributed by atoms with van der Waals surface area (Å²) < 4.78 is 8.08. The lowest BCUT2D eigenvalue weighted by Gasteiger charge is -2.13. The standard InChI is InChI=1S/C26H26N4O2S/c1-19-10-9-11-20(2)25(19)32-17-23-28-29-26(30(23)22-14-7-4-8-15-22)33-18-24(31)27-16-21-12-5-3-6-13-21/h3-15H,16-18H2,1-2H3,(H,27,31). The van der Waals surface area contributed by atoms with Crippen LogP contribution < -0.4 is 10.1 Å². The maximum Gasteiger partial charge on any atom is 0.230 e. The van der Waals surface area contributed by atoms with Crippen LogP contribution in [0.5, 0.6) is 5.75 Å². The van der Waals surface area contributed by atoms with Crippen LogP contribution in [0.3, 0.4) is 0 Å². The van der Waals surface area contributed by atoms with E-state index in [1.807, 2.05) is 97.3 Å². The molecule has 1 amide bonds. The van der Waals surface area contributed by atoms with Gasteiger partial charge >= 0.3 is 0 Å². The van der Waals surface area contributed by atoms with Crippen molar-refractivity contribution < 1.29 is 9.53 Å². The molecule has 3 aromatic carbocycles. The van der Waals surface area contributed by atoms with Gasteiger partial charge in [0.05, 0.1) is 5.75 Å². The Morgan fingerprint density at radius 2 is 1.58 bits per heavy atom. The van der Waals surface area contributed by atoms with Crippen molar-refractivity contribution in [3.8, 4) is 11.4 Å². The van der Waals surface area contributed by atoms with Crippen molar-refractivity contribution in [1.82, 2.24) is 20.1 Å². The molecule has 0 aliphatic carbocycles. The second-order valence-electron chi connectivity index (χ2n) is 7.63. The Labute approximate surface area is 198 Å². The number of ether oxygens (including phenoxy) is 1. The molecule has 0 fully saturated rings. The maximum absolute atomic E-state index is 12.4. The molecule has 0 saturated carbocycles. The van der Waals surface area contributed by atoms with Gasteiger partial charge in [-0.1, -0.05) is 78.5 Å². The smallest absolute Gasteiger partial charge is 0.230 e. The molecule has 7 heteroatoms. The topological polar surface area (TPSA) is 69.0 Å². The number of hydrogen-bond acceptors (Lipinski definition) is 5. The Hall–Kier alpha value is -3.58. The van der Waals surface area contributed by atoms with Crippen LogP contribution in [0.25, 0.3) is 5.69 Å². The molecule has 4 rings (SSSR count). The van der Waals surface area contributed by atoms with Gasteiger partial charge in [-0.05, 0) is 42.7 Å². The Bertz CT molecular complexity index is 1190. The lowest BCUT2D eigenvalue weighted by Crippen LogP contribution is -2.24. The SMILES string of the molecule is Cc1cccc(C)c1OCc1nnc(SCC(=O)NCc2ccccc2)n1-c1ccccc1. The molecule has 0 radical (unpaired) electrons. The Morgan fingerprint density at radius 1 is 0.909 bits per heavy atom. The molecule has 0 bridgehead atoms. The van der Waals surface area contributed by atoms with Gasteiger partial charge in [-0.15, -0.1) is 10.2 Å². The highest BCUT2D eigenvalue weighted by Crippen LogP contribution is 2.26. The van der Waals surface area contributed by atoms with Gasteiger partial charge in [-0.3, -0.25) is 9.36 Å². The zero-order valence-electron chi connectivity index (χ0n) is 18.7. The maximum atomic E-state index is 12.4. The molecule has 0 saturated heterocycles. The van der Waals surface area contributed by atoms with Crippen LogP contribution in [0.4, 0.5) is 0 Å². The van der Waals surface area contributed by atoms with E-state index in [2.05, 4.69) is 15.5 Å². The first-order chi connectivity index (χ1) is 16.1. The Balaban J connectivity index is 1.47. The quantitative estimate of drug-likeness (QED) is 0.362. The Kier molecular flexibility index (Phi) is 7.42. The number of benzene rings is 3. The van der Waals surface area contributed by atoms with Crippen LogP contribution in [0, 0.1) is 13.8 Å². The summed E-state index contributed by atoms with van der Waals surface area (Å²) in [6.07, 6.45) is 0. The van der Waals surface area contributed by atoms with Gasteiger partial charge < -0.3 is 10.1 Å². The third-order valence-corrected chi connectivity index (χ3v) is 6.06. The molecule has 1 heterocycles. The minimum atomic E-state index is -0.0557. The highest BCUT2D eigenvalue weighted by molar-refractivity contribution is 7.99. The van der Waals surface area contributed by atoms with Crippen LogP contribution in [-0.4, -0.2) is 26.4 Å². The van der Waals surface area contributed by atoms with Crippen LogP contribution in [0.15, 0.2) is 84.0 Å². The van der Waals surface area contributed by atoms with Gasteiger partial charge in [0, 0.05) is 12.2 Å². The van der Waals surface area contributed by atoms with Crippen LogP contribution >= 0.6 is 11.8 Å². The molecule has 4 aromatic rings. The predicted octanol–water partition coefficient (Wildman–Crippen LogP) is 4.87. The fourth-order valence-corrected chi connectivity index (χ4v) is 4.27. The third kappa shape index (κ3) is 5.81. The molecule has 0 aliphatic rings. The first kappa shape index (κ1) is 22.6. The average Bonchev–Trinajstić information content (AvgIpc) is 3.25. The molecule has 0 spiro atoms. The average molecular weight is 459 g/mol. The molecular weight excluding hydrogens is 432 g/mol. The van der Waals surface area contributed by atoms with Crippen LogP contribution in [0.2, 0.25) is 0 Å². The van der Waals surface area contributed by atoms with Gasteiger partial charge in [0.2, 0.25) is 5.91 Å². The van der Waals surface area contributed by atoms with E-state index < -0.39 is 0 Å². The predicted molar refractivity (Wildman–Crippen MR) is 131 cm³/mol. The first-order valence-corrected chi connectivity index (χ1v) is 11.7. The van der Waals surface area contributed by atoms with E-state index in [-0.39, 0.29) is 18.3 Å². The van der Waals surface area contributed by atoms with E-state index in [0.29, 0.717) is 17.5 Å². The number of rotatable bonds is 9. The van der Waals surface area contributed by atoms with Crippen molar-refractivity contribution >= 4 is 17.7 Å². The van der Waals surface area contributed by atoms with Gasteiger partial charge in [-0.2, -0.15) is 0 Å². The minimum Gasteiger partial charge on any atom is -0.485 e. The van der Waals surface area contributed by atoms with E-state index >= 15 is 0 Å². The summed E-state index contributed by atoms with van der Waals surface area (Å²) in [7, 11) is 0. The molecule has 0 atom stereocenters. The van der Waals surface area contributed by atoms with Crippen molar-refractivity contribution in [3.63, 3.8) is 0 Å². The lowest BCUT2D eigenvalue weighted by atomic mass is 10.1. The van der Waals surface area contributed by atoms with Crippen molar-refractivity contribution in [3.05, 3.63) is 101 Å². The zero-order chi connectivity index (χ0) is 23.0. The summed E-state index contributed by atoms with van der Waals surface area (Å²) in [5.74, 6) is 1.72. The Morgan fingerprint density at radius 3 is 2.27 bits per heavy atom. The molecular formula is C26H26N4O2S. The summed E-state index contributed by atoms with van der Waals surface area (Å²) in [6.45, 7) is 4.83. The monoisotopic (exact) mass is 458 g/mol. The summed E-state index contributed by atoms with van der Waals surface area (Å²) in [6, 6.07) is 25.8. The number of amides is 1. The van der Waals surface area contributed by atoms with E-state index in [1.54, 1.807) is 0 Å². The van der Waals surface area contributed by atoms with Gasteiger partial charge in [-0.25, -0.2) is 0 Å². The molecule has 1 N–H and O–H groups in total. The minimum absolute atomic E-state index is 0.0557. The van der Waals surface area contributed by atoms with Crippen molar-refractivity contribution in [2.45, 2.75) is 32.2 Å². The summed E-state index contributed by atoms with van der Waals surface area (Å²) >= 11 is 1.36.